The molecule has 2 N–H and O–H groups in total. The Kier molecular flexibility index (Phi) is 9.85. The molecule has 6 rings (SSSR count). The van der Waals surface area contributed by atoms with E-state index in [1.165, 1.54) is 36.0 Å². The third-order valence-corrected chi connectivity index (χ3v) is 9.38. The molecule has 0 bridgehead atoms. The summed E-state index contributed by atoms with van der Waals surface area (Å²) >= 11 is 0. The van der Waals surface area contributed by atoms with Gasteiger partial charge in [-0.15, -0.1) is 0 Å². The van der Waals surface area contributed by atoms with E-state index in [0.29, 0.717) is 59.4 Å². The molecule has 1 amide bonds. The van der Waals surface area contributed by atoms with Crippen LogP contribution in [0.1, 0.15) is 37.3 Å². The highest BCUT2D eigenvalue weighted by Gasteiger charge is 2.33. The first kappa shape index (κ1) is 32.6. The summed E-state index contributed by atoms with van der Waals surface area (Å²) in [4.78, 5) is 34.3. The van der Waals surface area contributed by atoms with Gasteiger partial charge >= 0.3 is 0 Å². The molecule has 3 aliphatic rings. The molecule has 3 aliphatic heterocycles. The molecule has 1 aromatic heterocycles. The minimum Gasteiger partial charge on any atom is -0.494 e. The second-order valence-corrected chi connectivity index (χ2v) is 12.4. The molecule has 13 heteroatoms. The Morgan fingerprint density at radius 3 is 2.57 bits per heavy atom. The van der Waals surface area contributed by atoms with Gasteiger partial charge in [0.25, 0.3) is 0 Å². The molecule has 3 aromatic rings. The van der Waals surface area contributed by atoms with Crippen molar-refractivity contribution >= 4 is 34.6 Å². The van der Waals surface area contributed by atoms with Gasteiger partial charge in [0.1, 0.15) is 29.5 Å². The highest BCUT2D eigenvalue weighted by Crippen LogP contribution is 2.41. The van der Waals surface area contributed by atoms with E-state index in [1.807, 2.05) is 12.1 Å². The van der Waals surface area contributed by atoms with Gasteiger partial charge in [-0.05, 0) is 51.6 Å². The fourth-order valence-electron chi connectivity index (χ4n) is 6.80. The highest BCUT2D eigenvalue weighted by atomic mass is 19.1. The Morgan fingerprint density at radius 1 is 1.06 bits per heavy atom. The van der Waals surface area contributed by atoms with E-state index in [0.717, 1.165) is 50.8 Å². The number of ether oxygens (including phenoxy) is 1. The summed E-state index contributed by atoms with van der Waals surface area (Å²) in [5.74, 6) is -0.205. The number of benzene rings is 2. The Balaban J connectivity index is 1.22. The predicted octanol–water partition coefficient (Wildman–Crippen LogP) is 5.12. The lowest BCUT2D eigenvalue weighted by Crippen LogP contribution is -2.45. The van der Waals surface area contributed by atoms with Gasteiger partial charge in [-0.1, -0.05) is 12.6 Å². The van der Waals surface area contributed by atoms with Crippen molar-refractivity contribution in [2.45, 2.75) is 43.8 Å². The number of piperidine rings is 1. The van der Waals surface area contributed by atoms with Crippen LogP contribution in [0.25, 0.3) is 0 Å². The van der Waals surface area contributed by atoms with E-state index in [1.54, 1.807) is 13.2 Å². The van der Waals surface area contributed by atoms with Gasteiger partial charge in [0, 0.05) is 68.4 Å². The van der Waals surface area contributed by atoms with Gasteiger partial charge < -0.3 is 25.2 Å². The average molecular weight is 649 g/mol. The number of nitrogens with zero attached hydrogens (tertiary/aromatic N) is 6. The predicted molar refractivity (Wildman–Crippen MR) is 178 cm³/mol. The molecular weight excluding hydrogens is 606 g/mol. The molecule has 0 radical (unpaired) electrons. The van der Waals surface area contributed by atoms with Gasteiger partial charge in [0.15, 0.2) is 5.82 Å². The number of hydrogen-bond acceptors (Lipinski definition) is 10. The van der Waals surface area contributed by atoms with Gasteiger partial charge in [-0.25, -0.2) is 23.8 Å². The maximum Gasteiger partial charge on any atom is 0.247 e. The molecule has 2 aromatic carbocycles. The molecule has 11 nitrogen and oxygen atoms in total. The molecule has 3 fully saturated rings. The summed E-state index contributed by atoms with van der Waals surface area (Å²) in [6.45, 7) is 7.90. The maximum absolute atomic E-state index is 14.7. The van der Waals surface area contributed by atoms with E-state index >= 15 is 0 Å². The summed E-state index contributed by atoms with van der Waals surface area (Å²) in [6, 6.07) is 9.62. The van der Waals surface area contributed by atoms with Crippen LogP contribution in [0.2, 0.25) is 0 Å². The lowest BCUT2D eigenvalue weighted by atomic mass is 10.0. The lowest BCUT2D eigenvalue weighted by Gasteiger charge is -2.39. The molecule has 4 heterocycles. The van der Waals surface area contributed by atoms with Crippen molar-refractivity contribution in [3.63, 3.8) is 0 Å². The summed E-state index contributed by atoms with van der Waals surface area (Å²) in [7, 11) is 5.90. The van der Waals surface area contributed by atoms with Crippen LogP contribution in [-0.2, 0) is 9.63 Å². The monoisotopic (exact) mass is 648 g/mol. The van der Waals surface area contributed by atoms with Crippen molar-refractivity contribution in [1.82, 2.24) is 19.8 Å². The van der Waals surface area contributed by atoms with E-state index in [4.69, 9.17) is 9.57 Å². The number of carbonyl (C=O) groups excluding carboxylic acids is 1. The summed E-state index contributed by atoms with van der Waals surface area (Å²) in [5.41, 5.74) is 2.38. The van der Waals surface area contributed by atoms with Crippen LogP contribution in [0.15, 0.2) is 55.4 Å². The first-order valence-corrected chi connectivity index (χ1v) is 16.0. The third-order valence-electron chi connectivity index (χ3n) is 9.38. The van der Waals surface area contributed by atoms with Crippen molar-refractivity contribution in [1.29, 1.82) is 0 Å². The summed E-state index contributed by atoms with van der Waals surface area (Å²) in [6.07, 6.45) is 6.38. The first-order valence-electron chi connectivity index (χ1n) is 16.0. The van der Waals surface area contributed by atoms with Crippen molar-refractivity contribution < 1.29 is 23.1 Å². The number of aromatic nitrogens is 2. The second kappa shape index (κ2) is 14.2. The van der Waals surface area contributed by atoms with Crippen LogP contribution in [-0.4, -0.2) is 91.7 Å². The van der Waals surface area contributed by atoms with Gasteiger partial charge in [0.05, 0.1) is 36.8 Å². The van der Waals surface area contributed by atoms with Crippen LogP contribution in [0.3, 0.4) is 0 Å². The fourth-order valence-corrected chi connectivity index (χ4v) is 6.80. The minimum absolute atomic E-state index is 0.319. The number of hydroxylamine groups is 1. The molecule has 47 heavy (non-hydrogen) atoms. The number of nitrogens with one attached hydrogen (secondary N) is 2. The third kappa shape index (κ3) is 7.16. The van der Waals surface area contributed by atoms with Crippen LogP contribution >= 0.6 is 0 Å². The number of halogens is 2. The number of carbonyl (C=O) groups is 1. The SMILES string of the molecule is C=CC(=O)Nc1cc(Nc2cc(N3OCCC3c3ccc(F)cc3F)ncn2)c(OC)cc1N1CCC(N2CCC(N(C)C)C2)CC1. The smallest absolute Gasteiger partial charge is 0.247 e. The Bertz CT molecular complexity index is 1600. The van der Waals surface area contributed by atoms with Crippen LogP contribution in [0.5, 0.6) is 5.75 Å². The standard InChI is InChI=1S/C34H42F2N8O3/c1-5-34(45)40-27-17-28(31(46-4)18-30(27)42-12-8-23(9-13-42)43-14-10-24(20-43)41(2)3)39-32-19-33(38-21-37-32)44-29(11-15-47-44)25-7-6-22(35)16-26(25)36/h5-7,16-19,21,23-24,29H,1,8-15,20H2,2-4H3,(H,40,45)(H,37,38,39). The zero-order valence-corrected chi connectivity index (χ0v) is 27.1. The number of methoxy groups -OCH3 is 1. The Morgan fingerprint density at radius 2 is 1.87 bits per heavy atom. The molecule has 250 valence electrons. The first-order chi connectivity index (χ1) is 22.7. The van der Waals surface area contributed by atoms with E-state index in [2.05, 4.69) is 56.0 Å². The number of amides is 1. The number of rotatable bonds is 10. The van der Waals surface area contributed by atoms with E-state index in [-0.39, 0.29) is 5.91 Å². The van der Waals surface area contributed by atoms with Crippen LogP contribution in [0, 0.1) is 11.6 Å². The van der Waals surface area contributed by atoms with Gasteiger partial charge in [0.2, 0.25) is 5.91 Å². The molecule has 0 spiro atoms. The number of likely N-dealkylation sites (tertiary alicyclic amines) is 1. The van der Waals surface area contributed by atoms with Gasteiger partial charge in [-0.3, -0.25) is 14.5 Å². The minimum atomic E-state index is -0.643. The molecule has 2 unspecified atom stereocenters. The topological polar surface area (TPSA) is 98.3 Å². The second-order valence-electron chi connectivity index (χ2n) is 12.4. The van der Waals surface area contributed by atoms with Gasteiger partial charge in [-0.2, -0.15) is 0 Å². The van der Waals surface area contributed by atoms with Crippen molar-refractivity contribution in [2.75, 3.05) is 74.6 Å². The van der Waals surface area contributed by atoms with Crippen molar-refractivity contribution in [3.8, 4) is 5.75 Å². The molecule has 0 saturated carbocycles. The lowest BCUT2D eigenvalue weighted by molar-refractivity contribution is -0.111. The summed E-state index contributed by atoms with van der Waals surface area (Å²) < 4.78 is 34.1. The molecular formula is C34H42F2N8O3. The Hall–Kier alpha value is -4.33. The number of likely N-dealkylation sites (N-methyl/N-ethyl adjacent to an activating group) is 1. The molecule has 3 saturated heterocycles. The quantitative estimate of drug-likeness (QED) is 0.289. The fraction of sp³-hybridized carbons (Fsp3) is 0.441. The highest BCUT2D eigenvalue weighted by molar-refractivity contribution is 6.02. The molecule has 0 aliphatic carbocycles. The zero-order valence-electron chi connectivity index (χ0n) is 27.1. The maximum atomic E-state index is 14.7. The number of hydrogen-bond donors (Lipinski definition) is 2. The average Bonchev–Trinajstić information content (AvgIpc) is 3.76. The number of anilines is 5. The van der Waals surface area contributed by atoms with Crippen molar-refractivity contribution in [2.24, 2.45) is 0 Å². The normalized spacial score (nSPS) is 20.6. The van der Waals surface area contributed by atoms with Crippen LogP contribution < -0.4 is 25.3 Å². The van der Waals surface area contributed by atoms with E-state index < -0.39 is 17.7 Å². The molecule has 2 atom stereocenters. The van der Waals surface area contributed by atoms with Crippen LogP contribution in [0.4, 0.5) is 37.5 Å². The Labute approximate surface area is 274 Å². The largest absolute Gasteiger partial charge is 0.494 e. The van der Waals surface area contributed by atoms with Crippen molar-refractivity contribution in [3.05, 3.63) is 72.6 Å². The summed E-state index contributed by atoms with van der Waals surface area (Å²) in [5, 5.41) is 7.79. The van der Waals surface area contributed by atoms with E-state index in [9.17, 15) is 13.6 Å². The zero-order chi connectivity index (χ0) is 33.1.